The molecular weight excluding hydrogens is 799 g/mol. The molecule has 1 spiro atoms. The number of aliphatic imine (C=N–C) groups is 1. The van der Waals surface area contributed by atoms with Gasteiger partial charge in [0.25, 0.3) is 0 Å². The van der Waals surface area contributed by atoms with Crippen molar-refractivity contribution in [1.29, 1.82) is 0 Å². The number of methoxy groups -OCH3 is 2. The molecule has 1 aromatic heterocycles. The van der Waals surface area contributed by atoms with Crippen molar-refractivity contribution in [2.24, 2.45) is 22.2 Å². The maximum Gasteiger partial charge on any atom is 0.407 e. The number of likely N-dealkylation sites (tertiary alicyclic amines) is 2. The predicted molar refractivity (Wildman–Crippen MR) is 243 cm³/mol. The molecule has 15 nitrogen and oxygen atoms in total. The van der Waals surface area contributed by atoms with Gasteiger partial charge < -0.3 is 40.2 Å². The van der Waals surface area contributed by atoms with Gasteiger partial charge in [-0.3, -0.25) is 14.5 Å². The van der Waals surface area contributed by atoms with Gasteiger partial charge in [-0.05, 0) is 85.5 Å². The highest BCUT2D eigenvalue weighted by Crippen LogP contribution is 2.50. The molecule has 0 saturated carbocycles. The van der Waals surface area contributed by atoms with Crippen LogP contribution in [0.2, 0.25) is 0 Å². The molecule has 3 fully saturated rings. The minimum Gasteiger partial charge on any atom is -0.453 e. The van der Waals surface area contributed by atoms with Gasteiger partial charge in [0, 0.05) is 38.8 Å². The average Bonchev–Trinajstić information content (AvgIpc) is 4.09. The van der Waals surface area contributed by atoms with Gasteiger partial charge in [-0.25, -0.2) is 19.6 Å². The van der Waals surface area contributed by atoms with E-state index < -0.39 is 23.9 Å². The van der Waals surface area contributed by atoms with Gasteiger partial charge in [0.2, 0.25) is 11.8 Å². The van der Waals surface area contributed by atoms with Crippen molar-refractivity contribution in [3.63, 3.8) is 0 Å². The van der Waals surface area contributed by atoms with Crippen molar-refractivity contribution < 1.29 is 28.7 Å². The molecular formula is C48H65N9O6. The van der Waals surface area contributed by atoms with Crippen molar-refractivity contribution in [3.8, 4) is 22.4 Å². The summed E-state index contributed by atoms with van der Waals surface area (Å²) in [6.07, 6.45) is 7.21. The van der Waals surface area contributed by atoms with E-state index in [0.29, 0.717) is 6.54 Å². The van der Waals surface area contributed by atoms with Crippen LogP contribution in [0, 0.1) is 17.3 Å². The van der Waals surface area contributed by atoms with E-state index >= 15 is 0 Å². The Morgan fingerprint density at radius 2 is 1.48 bits per heavy atom. The van der Waals surface area contributed by atoms with Crippen molar-refractivity contribution >= 4 is 35.5 Å². The number of nitrogens with zero attached hydrogens (tertiary/aromatic N) is 5. The lowest BCUT2D eigenvalue weighted by molar-refractivity contribution is -0.135. The lowest BCUT2D eigenvalue weighted by atomic mass is 9.76. The van der Waals surface area contributed by atoms with Gasteiger partial charge in [-0.15, -0.1) is 0 Å². The number of nitrogens with one attached hydrogen (secondary N) is 4. The number of amides is 4. The molecule has 0 bridgehead atoms. The fourth-order valence-electron chi connectivity index (χ4n) is 10.3. The second-order valence-electron chi connectivity index (χ2n) is 18.5. The second-order valence-corrected chi connectivity index (χ2v) is 18.5. The SMILES string of the molecule is C/C=C(\NC1=NC(C)([C@@H](NC(=O)OC)C(C)C)N2CC3(CCN(C(C)=O)CC3)CC12)c1ccc(-c2ccc(-c3cnc([C@@H]4CCCN4C(=O)[C@@H](NC(=O)OC)C(C)C)[nH]3)cc2)cc1. The summed E-state index contributed by atoms with van der Waals surface area (Å²) in [5, 5.41) is 9.59. The molecule has 338 valence electrons. The highest BCUT2D eigenvalue weighted by atomic mass is 16.5. The highest BCUT2D eigenvalue weighted by molar-refractivity contribution is 5.97. The molecule has 4 amide bonds. The zero-order valence-corrected chi connectivity index (χ0v) is 38.3. The van der Waals surface area contributed by atoms with E-state index in [2.05, 4.69) is 101 Å². The summed E-state index contributed by atoms with van der Waals surface area (Å²) in [7, 11) is 2.68. The molecule has 4 aliphatic rings. The largest absolute Gasteiger partial charge is 0.453 e. The number of rotatable bonds is 11. The number of ether oxygens (including phenoxy) is 2. The van der Waals surface area contributed by atoms with E-state index in [1.165, 1.54) is 14.2 Å². The minimum atomic E-state index is -0.722. The molecule has 4 aliphatic heterocycles. The Hall–Kier alpha value is -5.70. The quantitative estimate of drug-likeness (QED) is 0.159. The highest BCUT2D eigenvalue weighted by Gasteiger charge is 2.59. The summed E-state index contributed by atoms with van der Waals surface area (Å²) < 4.78 is 9.85. The number of fused-ring (bicyclic) bond motifs is 1. The fourth-order valence-corrected chi connectivity index (χ4v) is 10.3. The number of carbonyl (C=O) groups excluding carboxylic acids is 4. The number of hydrogen-bond acceptors (Lipinski definition) is 10. The number of aromatic nitrogens is 2. The van der Waals surface area contributed by atoms with Gasteiger partial charge in [0.05, 0.1) is 44.2 Å². The number of benzene rings is 2. The van der Waals surface area contributed by atoms with Crippen molar-refractivity contribution in [3.05, 3.63) is 72.2 Å². The van der Waals surface area contributed by atoms with Crippen LogP contribution in [0.1, 0.15) is 98.0 Å². The maximum atomic E-state index is 13.6. The number of amidine groups is 1. The molecule has 4 N–H and O–H groups in total. The van der Waals surface area contributed by atoms with Gasteiger partial charge in [0.1, 0.15) is 23.4 Å². The summed E-state index contributed by atoms with van der Waals surface area (Å²) >= 11 is 0. The Labute approximate surface area is 371 Å². The van der Waals surface area contributed by atoms with Crippen LogP contribution < -0.4 is 16.0 Å². The first-order valence-corrected chi connectivity index (χ1v) is 22.4. The van der Waals surface area contributed by atoms with E-state index in [0.717, 1.165) is 97.0 Å². The Morgan fingerprint density at radius 1 is 0.857 bits per heavy atom. The van der Waals surface area contributed by atoms with Crippen LogP contribution in [0.3, 0.4) is 0 Å². The molecule has 3 aromatic rings. The fraction of sp³-hybridized carbons (Fsp3) is 0.542. The van der Waals surface area contributed by atoms with Crippen LogP contribution in [0.25, 0.3) is 28.1 Å². The molecule has 0 radical (unpaired) electrons. The van der Waals surface area contributed by atoms with E-state index in [1.807, 2.05) is 36.8 Å². The summed E-state index contributed by atoms with van der Waals surface area (Å²) in [4.78, 5) is 70.4. The summed E-state index contributed by atoms with van der Waals surface area (Å²) in [6.45, 7) is 16.8. The Kier molecular flexibility index (Phi) is 13.4. The third kappa shape index (κ3) is 9.20. The number of allylic oxidation sites excluding steroid dienone is 1. The summed E-state index contributed by atoms with van der Waals surface area (Å²) in [5.74, 6) is 1.57. The van der Waals surface area contributed by atoms with Gasteiger partial charge in [-0.1, -0.05) is 82.3 Å². The number of imidazole rings is 1. The van der Waals surface area contributed by atoms with Crippen LogP contribution in [0.5, 0.6) is 0 Å². The number of aromatic amines is 1. The van der Waals surface area contributed by atoms with Crippen LogP contribution in [-0.2, 0) is 19.1 Å². The first kappa shape index (κ1) is 45.3. The molecule has 7 rings (SSSR count). The smallest absolute Gasteiger partial charge is 0.407 e. The lowest BCUT2D eigenvalue weighted by Gasteiger charge is -2.44. The van der Waals surface area contributed by atoms with Crippen LogP contribution in [-0.4, -0.2) is 119 Å². The lowest BCUT2D eigenvalue weighted by Crippen LogP contribution is -2.61. The van der Waals surface area contributed by atoms with E-state index in [-0.39, 0.29) is 47.2 Å². The Bertz CT molecular complexity index is 2210. The van der Waals surface area contributed by atoms with Gasteiger partial charge in [-0.2, -0.15) is 0 Å². The number of H-pyrrole nitrogens is 1. The van der Waals surface area contributed by atoms with E-state index in [4.69, 9.17) is 19.5 Å². The molecule has 2 aromatic carbocycles. The van der Waals surface area contributed by atoms with Crippen LogP contribution >= 0.6 is 0 Å². The minimum absolute atomic E-state index is 0.0189. The Morgan fingerprint density at radius 3 is 2.06 bits per heavy atom. The molecule has 0 aliphatic carbocycles. The van der Waals surface area contributed by atoms with E-state index in [1.54, 1.807) is 6.92 Å². The van der Waals surface area contributed by atoms with Gasteiger partial charge in [0.15, 0.2) is 0 Å². The molecule has 5 heterocycles. The molecule has 3 saturated heterocycles. The first-order valence-electron chi connectivity index (χ1n) is 22.4. The summed E-state index contributed by atoms with van der Waals surface area (Å²) in [5.41, 5.74) is 5.29. The number of piperidine rings is 1. The average molecular weight is 864 g/mol. The Balaban J connectivity index is 1.06. The van der Waals surface area contributed by atoms with Gasteiger partial charge >= 0.3 is 12.2 Å². The first-order chi connectivity index (χ1) is 30.1. The third-order valence-corrected chi connectivity index (χ3v) is 13.9. The number of carbonyl (C=O) groups is 4. The number of hydrogen-bond donors (Lipinski definition) is 4. The second kappa shape index (κ2) is 18.6. The normalized spacial score (nSPS) is 23.1. The molecule has 15 heteroatoms. The number of alkyl carbamates (subject to hydrolysis) is 2. The topological polar surface area (TPSA) is 174 Å². The maximum absolute atomic E-state index is 13.6. The van der Waals surface area contributed by atoms with Crippen LogP contribution in [0.4, 0.5) is 9.59 Å². The van der Waals surface area contributed by atoms with Crippen molar-refractivity contribution in [2.45, 2.75) is 110 Å². The summed E-state index contributed by atoms with van der Waals surface area (Å²) in [6, 6.07) is 15.7. The van der Waals surface area contributed by atoms with Crippen molar-refractivity contribution in [1.82, 2.24) is 40.6 Å². The third-order valence-electron chi connectivity index (χ3n) is 13.9. The van der Waals surface area contributed by atoms with Crippen molar-refractivity contribution in [2.75, 3.05) is 40.4 Å². The van der Waals surface area contributed by atoms with Crippen LogP contribution in [0.15, 0.2) is 65.8 Å². The zero-order valence-electron chi connectivity index (χ0n) is 38.3. The molecule has 63 heavy (non-hydrogen) atoms. The standard InChI is InChI=1S/C48H65N9O6/c1-10-36(50-43-39-26-48(21-24-55(25-22-48)31(6)58)28-57(39)47(7,54-43)41(30(4)5)53-46(61)63-9)34-17-13-32(14-18-34)33-15-19-35(20-16-33)37-27-49-42(51-37)38-12-11-23-56(38)44(59)40(29(2)3)52-45(60)62-8/h10,13-20,27,29-30,38-41H,11-12,21-26,28H2,1-9H3,(H,49,51)(H,50,54)(H,52,60)(H,53,61)/b36-10-/t38-,39?,40-,41-,47?/m0/s1. The molecule has 2 unspecified atom stereocenters. The zero-order chi connectivity index (χ0) is 45.2. The predicted octanol–water partition coefficient (Wildman–Crippen LogP) is 6.95. The monoisotopic (exact) mass is 864 g/mol. The van der Waals surface area contributed by atoms with E-state index in [9.17, 15) is 19.2 Å². The molecule has 5 atom stereocenters.